The molecule has 6 heteroatoms. The van der Waals surface area contributed by atoms with Crippen LogP contribution in [-0.4, -0.2) is 17.7 Å². The van der Waals surface area contributed by atoms with Crippen molar-refractivity contribution in [1.29, 1.82) is 0 Å². The van der Waals surface area contributed by atoms with Gasteiger partial charge in [0.2, 0.25) is 11.1 Å². The van der Waals surface area contributed by atoms with E-state index in [0.29, 0.717) is 15.7 Å². The second-order valence-electron chi connectivity index (χ2n) is 3.81. The maximum absolute atomic E-state index is 11.8. The molecule has 1 atom stereocenters. The molecule has 0 bridgehead atoms. The monoisotopic (exact) mass is 291 g/mol. The molecule has 1 fully saturated rings. The van der Waals surface area contributed by atoms with Gasteiger partial charge in [-0.15, -0.1) is 0 Å². The van der Waals surface area contributed by atoms with Crippen LogP contribution in [0.4, 0.5) is 5.69 Å². The van der Waals surface area contributed by atoms with Crippen LogP contribution in [0.25, 0.3) is 0 Å². The van der Waals surface area contributed by atoms with Gasteiger partial charge in [-0.05, 0) is 29.8 Å². The molecule has 0 saturated carbocycles. The number of hydrogen-bond acceptors (Lipinski definition) is 2. The molecule has 1 heterocycles. The molecule has 1 aromatic rings. The first-order chi connectivity index (χ1) is 7.99. The molecule has 0 aliphatic carbocycles. The molecular formula is C11H8Cl3NO2. The van der Waals surface area contributed by atoms with Crippen molar-refractivity contribution in [3.8, 4) is 0 Å². The molecule has 17 heavy (non-hydrogen) atoms. The quantitative estimate of drug-likeness (QED) is 0.785. The normalized spacial score (nSPS) is 19.8. The molecule has 0 N–H and O–H groups in total. The Morgan fingerprint density at radius 1 is 1.35 bits per heavy atom. The molecule has 90 valence electrons. The first-order valence-electron chi connectivity index (χ1n) is 4.94. The minimum absolute atomic E-state index is 0.116. The van der Waals surface area contributed by atoms with Gasteiger partial charge in [-0.25, -0.2) is 0 Å². The second-order valence-corrected chi connectivity index (χ2v) is 5.02. The zero-order chi connectivity index (χ0) is 12.6. The van der Waals surface area contributed by atoms with Crippen molar-refractivity contribution in [3.63, 3.8) is 0 Å². The van der Waals surface area contributed by atoms with Crippen LogP contribution < -0.4 is 4.90 Å². The van der Waals surface area contributed by atoms with Crippen LogP contribution in [-0.2, 0) is 9.59 Å². The van der Waals surface area contributed by atoms with Gasteiger partial charge in [0.15, 0.2) is 0 Å². The number of halogens is 3. The largest absolute Gasteiger partial charge is 0.310 e. The third kappa shape index (κ3) is 2.57. The lowest BCUT2D eigenvalue weighted by atomic mass is 10.1. The van der Waals surface area contributed by atoms with E-state index in [1.54, 1.807) is 18.2 Å². The van der Waals surface area contributed by atoms with Gasteiger partial charge >= 0.3 is 0 Å². The molecular weight excluding hydrogens is 284 g/mol. The fourth-order valence-electron chi connectivity index (χ4n) is 1.79. The predicted molar refractivity (Wildman–Crippen MR) is 67.8 cm³/mol. The summed E-state index contributed by atoms with van der Waals surface area (Å²) >= 11 is 17.2. The summed E-state index contributed by atoms with van der Waals surface area (Å²) in [5.41, 5.74) is 0.518. The number of rotatable bonds is 2. The highest BCUT2D eigenvalue weighted by atomic mass is 35.5. The SMILES string of the molecule is O=C(Cl)C1CC(=O)N(c2cc(Cl)ccc2Cl)C1. The zero-order valence-electron chi connectivity index (χ0n) is 8.62. The average molecular weight is 293 g/mol. The maximum Gasteiger partial charge on any atom is 0.227 e. The predicted octanol–water partition coefficient (Wildman–Crippen LogP) is 3.11. The lowest BCUT2D eigenvalue weighted by Crippen LogP contribution is -2.25. The van der Waals surface area contributed by atoms with Crippen LogP contribution in [0.15, 0.2) is 18.2 Å². The van der Waals surface area contributed by atoms with Crippen molar-refractivity contribution in [2.75, 3.05) is 11.4 Å². The summed E-state index contributed by atoms with van der Waals surface area (Å²) in [4.78, 5) is 24.3. The van der Waals surface area contributed by atoms with E-state index in [-0.39, 0.29) is 18.9 Å². The van der Waals surface area contributed by atoms with Gasteiger partial charge in [-0.3, -0.25) is 9.59 Å². The minimum Gasteiger partial charge on any atom is -0.310 e. The van der Waals surface area contributed by atoms with Gasteiger partial charge in [-0.1, -0.05) is 23.2 Å². The van der Waals surface area contributed by atoms with E-state index < -0.39 is 11.2 Å². The number of benzene rings is 1. The Morgan fingerprint density at radius 2 is 2.06 bits per heavy atom. The lowest BCUT2D eigenvalue weighted by molar-refractivity contribution is -0.120. The van der Waals surface area contributed by atoms with Gasteiger partial charge in [0.05, 0.1) is 16.6 Å². The maximum atomic E-state index is 11.8. The molecule has 1 aliphatic heterocycles. The highest BCUT2D eigenvalue weighted by molar-refractivity contribution is 6.64. The van der Waals surface area contributed by atoms with Gasteiger partial charge in [0, 0.05) is 18.0 Å². The molecule has 0 spiro atoms. The molecule has 2 rings (SSSR count). The van der Waals surface area contributed by atoms with Crippen LogP contribution in [0.3, 0.4) is 0 Å². The fourth-order valence-corrected chi connectivity index (χ4v) is 2.32. The van der Waals surface area contributed by atoms with Crippen LogP contribution in [0.5, 0.6) is 0 Å². The summed E-state index contributed by atoms with van der Waals surface area (Å²) in [5.74, 6) is -0.646. The number of hydrogen-bond donors (Lipinski definition) is 0. The number of nitrogens with zero attached hydrogens (tertiary/aromatic N) is 1. The van der Waals surface area contributed by atoms with E-state index in [4.69, 9.17) is 34.8 Å². The molecule has 1 saturated heterocycles. The Balaban J connectivity index is 2.32. The van der Waals surface area contributed by atoms with E-state index in [0.717, 1.165) is 0 Å². The third-order valence-corrected chi connectivity index (χ3v) is 3.51. The van der Waals surface area contributed by atoms with Crippen LogP contribution in [0, 0.1) is 5.92 Å². The van der Waals surface area contributed by atoms with Crippen molar-refractivity contribution in [1.82, 2.24) is 0 Å². The van der Waals surface area contributed by atoms with E-state index in [9.17, 15) is 9.59 Å². The standard InChI is InChI=1S/C11H8Cl3NO2/c12-7-1-2-8(13)9(4-7)15-5-6(11(14)17)3-10(15)16/h1-2,4,6H,3,5H2. The van der Waals surface area contributed by atoms with Gasteiger partial charge in [-0.2, -0.15) is 0 Å². The Kier molecular flexibility index (Phi) is 3.61. The number of amides is 1. The first kappa shape index (κ1) is 12.7. The Morgan fingerprint density at radius 3 is 2.65 bits per heavy atom. The number of carbonyl (C=O) groups is 2. The highest BCUT2D eigenvalue weighted by Crippen LogP contribution is 2.33. The van der Waals surface area contributed by atoms with Crippen LogP contribution in [0.1, 0.15) is 6.42 Å². The topological polar surface area (TPSA) is 37.4 Å². The molecule has 0 aromatic heterocycles. The van der Waals surface area contributed by atoms with E-state index >= 15 is 0 Å². The van der Waals surface area contributed by atoms with Crippen molar-refractivity contribution in [2.24, 2.45) is 5.92 Å². The van der Waals surface area contributed by atoms with Crippen molar-refractivity contribution in [2.45, 2.75) is 6.42 Å². The lowest BCUT2D eigenvalue weighted by Gasteiger charge is -2.17. The van der Waals surface area contributed by atoms with Gasteiger partial charge < -0.3 is 4.90 Å². The molecule has 1 aliphatic rings. The zero-order valence-corrected chi connectivity index (χ0v) is 10.9. The molecule has 0 radical (unpaired) electrons. The molecule has 3 nitrogen and oxygen atoms in total. The average Bonchev–Trinajstić information content (AvgIpc) is 2.64. The summed E-state index contributed by atoms with van der Waals surface area (Å²) < 4.78 is 0. The number of anilines is 1. The smallest absolute Gasteiger partial charge is 0.227 e. The second kappa shape index (κ2) is 4.84. The van der Waals surface area contributed by atoms with E-state index in [1.807, 2.05) is 0 Å². The summed E-state index contributed by atoms with van der Waals surface area (Å²) in [6, 6.07) is 4.85. The van der Waals surface area contributed by atoms with Crippen molar-refractivity contribution < 1.29 is 9.59 Å². The summed E-state index contributed by atoms with van der Waals surface area (Å²) in [5, 5.41) is 0.405. The van der Waals surface area contributed by atoms with Crippen LogP contribution >= 0.6 is 34.8 Å². The van der Waals surface area contributed by atoms with Crippen LogP contribution in [0.2, 0.25) is 10.0 Å². The van der Waals surface area contributed by atoms with Crippen molar-refractivity contribution in [3.05, 3.63) is 28.2 Å². The first-order valence-corrected chi connectivity index (χ1v) is 6.07. The van der Waals surface area contributed by atoms with Crippen molar-refractivity contribution >= 4 is 51.6 Å². The molecule has 1 amide bonds. The Bertz CT molecular complexity index is 490. The summed E-state index contributed by atoms with van der Waals surface area (Å²) in [7, 11) is 0. The fraction of sp³-hybridized carbons (Fsp3) is 0.273. The van der Waals surface area contributed by atoms with E-state index in [1.165, 1.54) is 4.90 Å². The highest BCUT2D eigenvalue weighted by Gasteiger charge is 2.35. The van der Waals surface area contributed by atoms with Gasteiger partial charge in [0.1, 0.15) is 0 Å². The van der Waals surface area contributed by atoms with Gasteiger partial charge in [0.25, 0.3) is 0 Å². The summed E-state index contributed by atoms with van der Waals surface area (Å²) in [6.45, 7) is 0.251. The summed E-state index contributed by atoms with van der Waals surface area (Å²) in [6.07, 6.45) is 0.116. The third-order valence-electron chi connectivity index (χ3n) is 2.64. The number of carbonyl (C=O) groups excluding carboxylic acids is 2. The molecule has 1 unspecified atom stereocenters. The molecule has 1 aromatic carbocycles. The minimum atomic E-state index is -0.501. The Hall–Kier alpha value is -0.770. The van der Waals surface area contributed by atoms with E-state index in [2.05, 4.69) is 0 Å². The Labute approximate surface area is 113 Å².